The van der Waals surface area contributed by atoms with Gasteiger partial charge in [0.05, 0.1) is 22.3 Å². The summed E-state index contributed by atoms with van der Waals surface area (Å²) in [4.78, 5) is 12.6. The number of ketones is 1. The predicted molar refractivity (Wildman–Crippen MR) is 91.9 cm³/mol. The molecule has 1 aromatic carbocycles. The van der Waals surface area contributed by atoms with E-state index in [-0.39, 0.29) is 5.78 Å². The normalized spacial score (nSPS) is 10.9. The highest BCUT2D eigenvalue weighted by atomic mass is 79.9. The first-order valence-corrected chi connectivity index (χ1v) is 8.59. The van der Waals surface area contributed by atoms with Gasteiger partial charge in [-0.05, 0) is 60.0 Å². The number of hydrogen-bond donors (Lipinski definition) is 0. The van der Waals surface area contributed by atoms with E-state index >= 15 is 0 Å². The number of rotatable bonds is 5. The maximum Gasteiger partial charge on any atom is 0.168 e. The molecule has 0 spiro atoms. The van der Waals surface area contributed by atoms with E-state index in [1.54, 1.807) is 0 Å². The zero-order valence-electron chi connectivity index (χ0n) is 12.4. The number of nitrogens with zero attached hydrogens (tertiary/aromatic N) is 2. The Morgan fingerprint density at radius 1 is 1.24 bits per heavy atom. The Hall–Kier alpha value is -0.940. The van der Waals surface area contributed by atoms with Crippen molar-refractivity contribution in [3.8, 4) is 0 Å². The molecule has 1 heterocycles. The standard InChI is InChI=1S/C16H18Br2N2O/c1-4-13-16(18)14(20(5-2)19-13)9-15(21)11-6-10(3)7-12(17)8-11/h6-8H,4-5,9H2,1-3H3. The smallest absolute Gasteiger partial charge is 0.168 e. The first kappa shape index (κ1) is 16.4. The van der Waals surface area contributed by atoms with Crippen LogP contribution in [-0.2, 0) is 19.4 Å². The third-order valence-corrected chi connectivity index (χ3v) is 4.76. The summed E-state index contributed by atoms with van der Waals surface area (Å²) in [6.45, 7) is 6.86. The second-order valence-corrected chi connectivity index (χ2v) is 6.70. The molecule has 0 saturated carbocycles. The molecule has 2 aromatic rings. The lowest BCUT2D eigenvalue weighted by Gasteiger charge is -2.06. The molecule has 0 atom stereocenters. The molecule has 0 bridgehead atoms. The van der Waals surface area contributed by atoms with E-state index in [2.05, 4.69) is 43.9 Å². The summed E-state index contributed by atoms with van der Waals surface area (Å²) in [5.41, 5.74) is 3.77. The Bertz CT molecular complexity index is 657. The molecule has 0 aliphatic rings. The molecule has 0 fully saturated rings. The molecule has 0 radical (unpaired) electrons. The van der Waals surface area contributed by atoms with Crippen LogP contribution < -0.4 is 0 Å². The van der Waals surface area contributed by atoms with Crippen molar-refractivity contribution in [2.24, 2.45) is 0 Å². The highest BCUT2D eigenvalue weighted by Gasteiger charge is 2.18. The first-order valence-electron chi connectivity index (χ1n) is 7.00. The molecule has 0 aliphatic heterocycles. The van der Waals surface area contributed by atoms with Crippen LogP contribution in [0.1, 0.15) is 41.2 Å². The zero-order chi connectivity index (χ0) is 15.6. The lowest BCUT2D eigenvalue weighted by molar-refractivity contribution is 0.0990. The summed E-state index contributed by atoms with van der Waals surface area (Å²) >= 11 is 7.03. The van der Waals surface area contributed by atoms with E-state index in [0.29, 0.717) is 6.42 Å². The van der Waals surface area contributed by atoms with Gasteiger partial charge in [0.1, 0.15) is 0 Å². The summed E-state index contributed by atoms with van der Waals surface area (Å²) in [5, 5.41) is 4.54. The maximum atomic E-state index is 12.6. The van der Waals surface area contributed by atoms with Gasteiger partial charge in [-0.3, -0.25) is 9.48 Å². The minimum absolute atomic E-state index is 0.109. The third kappa shape index (κ3) is 3.64. The number of Topliss-reactive ketones (excluding diaryl/α,β-unsaturated/α-hetero) is 1. The van der Waals surface area contributed by atoms with Crippen LogP contribution in [0, 0.1) is 6.92 Å². The van der Waals surface area contributed by atoms with Gasteiger partial charge in [-0.1, -0.05) is 22.9 Å². The van der Waals surface area contributed by atoms with E-state index in [1.165, 1.54) is 0 Å². The topological polar surface area (TPSA) is 34.9 Å². The second-order valence-electron chi connectivity index (χ2n) is 4.99. The Kier molecular flexibility index (Phi) is 5.38. The maximum absolute atomic E-state index is 12.6. The molecule has 112 valence electrons. The minimum Gasteiger partial charge on any atom is -0.294 e. The Morgan fingerprint density at radius 2 is 1.95 bits per heavy atom. The van der Waals surface area contributed by atoms with Crippen molar-refractivity contribution in [3.63, 3.8) is 0 Å². The monoisotopic (exact) mass is 412 g/mol. The number of hydrogen-bond acceptors (Lipinski definition) is 2. The number of aromatic nitrogens is 2. The SMILES string of the molecule is CCc1nn(CC)c(CC(=O)c2cc(C)cc(Br)c2)c1Br. The van der Waals surface area contributed by atoms with E-state index in [1.807, 2.05) is 36.7 Å². The van der Waals surface area contributed by atoms with Crippen LogP contribution in [0.15, 0.2) is 27.1 Å². The molecule has 0 aliphatic carbocycles. The van der Waals surface area contributed by atoms with E-state index < -0.39 is 0 Å². The van der Waals surface area contributed by atoms with Crippen LogP contribution in [0.5, 0.6) is 0 Å². The van der Waals surface area contributed by atoms with E-state index in [0.717, 1.165) is 44.4 Å². The summed E-state index contributed by atoms with van der Waals surface area (Å²) in [5.74, 6) is 0.109. The number of halogens is 2. The summed E-state index contributed by atoms with van der Waals surface area (Å²) in [6.07, 6.45) is 1.21. The number of aryl methyl sites for hydroxylation is 3. The van der Waals surface area contributed by atoms with Gasteiger partial charge in [-0.25, -0.2) is 0 Å². The van der Waals surface area contributed by atoms with Crippen molar-refractivity contribution >= 4 is 37.6 Å². The van der Waals surface area contributed by atoms with Crippen LogP contribution in [0.2, 0.25) is 0 Å². The lowest BCUT2D eigenvalue weighted by Crippen LogP contribution is -2.10. The Morgan fingerprint density at radius 3 is 2.52 bits per heavy atom. The predicted octanol–water partition coefficient (Wildman–Crippen LogP) is 4.72. The highest BCUT2D eigenvalue weighted by Crippen LogP contribution is 2.24. The second kappa shape index (κ2) is 6.88. The highest BCUT2D eigenvalue weighted by molar-refractivity contribution is 9.10. The average Bonchev–Trinajstić information content (AvgIpc) is 2.74. The third-order valence-electron chi connectivity index (χ3n) is 3.39. The van der Waals surface area contributed by atoms with Crippen LogP contribution in [0.3, 0.4) is 0 Å². The molecule has 0 N–H and O–H groups in total. The molecule has 3 nitrogen and oxygen atoms in total. The summed E-state index contributed by atoms with van der Waals surface area (Å²) in [6, 6.07) is 5.79. The number of carbonyl (C=O) groups is 1. The van der Waals surface area contributed by atoms with Crippen molar-refractivity contribution in [3.05, 3.63) is 49.7 Å². The first-order chi connectivity index (χ1) is 9.96. The van der Waals surface area contributed by atoms with Crippen molar-refractivity contribution < 1.29 is 4.79 Å². The zero-order valence-corrected chi connectivity index (χ0v) is 15.6. The molecule has 0 amide bonds. The van der Waals surface area contributed by atoms with Gasteiger partial charge < -0.3 is 0 Å². The van der Waals surface area contributed by atoms with Crippen molar-refractivity contribution in [2.75, 3.05) is 0 Å². The van der Waals surface area contributed by atoms with Crippen LogP contribution in [0.25, 0.3) is 0 Å². The summed E-state index contributed by atoms with van der Waals surface area (Å²) in [7, 11) is 0. The Labute approximate surface area is 142 Å². The quantitative estimate of drug-likeness (QED) is 0.664. The van der Waals surface area contributed by atoms with Gasteiger partial charge in [0.25, 0.3) is 0 Å². The van der Waals surface area contributed by atoms with Crippen molar-refractivity contribution in [1.82, 2.24) is 9.78 Å². The average molecular weight is 414 g/mol. The fourth-order valence-corrected chi connectivity index (χ4v) is 3.65. The van der Waals surface area contributed by atoms with Gasteiger partial charge in [-0.2, -0.15) is 5.10 Å². The van der Waals surface area contributed by atoms with Crippen LogP contribution >= 0.6 is 31.9 Å². The number of carbonyl (C=O) groups excluding carboxylic acids is 1. The van der Waals surface area contributed by atoms with Gasteiger partial charge in [0.15, 0.2) is 5.78 Å². The molecule has 1 aromatic heterocycles. The molecule has 0 unspecified atom stereocenters. The largest absolute Gasteiger partial charge is 0.294 e. The van der Waals surface area contributed by atoms with Gasteiger partial charge in [-0.15, -0.1) is 0 Å². The Balaban J connectivity index is 2.33. The van der Waals surface area contributed by atoms with Crippen LogP contribution in [0.4, 0.5) is 0 Å². The van der Waals surface area contributed by atoms with Crippen molar-refractivity contribution in [1.29, 1.82) is 0 Å². The molecule has 21 heavy (non-hydrogen) atoms. The molecule has 5 heteroatoms. The van der Waals surface area contributed by atoms with E-state index in [9.17, 15) is 4.79 Å². The minimum atomic E-state index is 0.109. The molecular weight excluding hydrogens is 396 g/mol. The van der Waals surface area contributed by atoms with Crippen LogP contribution in [-0.4, -0.2) is 15.6 Å². The molecule has 0 saturated heterocycles. The van der Waals surface area contributed by atoms with Gasteiger partial charge in [0.2, 0.25) is 0 Å². The number of benzene rings is 1. The summed E-state index contributed by atoms with van der Waals surface area (Å²) < 4.78 is 3.81. The molecular formula is C16H18Br2N2O. The van der Waals surface area contributed by atoms with E-state index in [4.69, 9.17) is 0 Å². The van der Waals surface area contributed by atoms with Crippen molar-refractivity contribution in [2.45, 2.75) is 40.2 Å². The van der Waals surface area contributed by atoms with Gasteiger partial charge >= 0.3 is 0 Å². The lowest BCUT2D eigenvalue weighted by atomic mass is 10.0. The molecule has 2 rings (SSSR count). The fraction of sp³-hybridized carbons (Fsp3) is 0.375. The van der Waals surface area contributed by atoms with Gasteiger partial charge in [0, 0.05) is 16.6 Å². The fourth-order valence-electron chi connectivity index (χ4n) is 2.34.